The van der Waals surface area contributed by atoms with Gasteiger partial charge in [0.15, 0.2) is 0 Å². The van der Waals surface area contributed by atoms with Crippen molar-refractivity contribution >= 4 is 10.2 Å². The molecule has 0 aliphatic rings. The third kappa shape index (κ3) is 5.69. The minimum Gasteiger partial charge on any atom is -0.319 e. The summed E-state index contributed by atoms with van der Waals surface area (Å²) in [5.41, 5.74) is 0.971. The van der Waals surface area contributed by atoms with Crippen LogP contribution in [0.1, 0.15) is 12.5 Å². The Bertz CT molecular complexity index is 462. The van der Waals surface area contributed by atoms with Gasteiger partial charge in [-0.2, -0.15) is 12.7 Å². The van der Waals surface area contributed by atoms with Gasteiger partial charge in [0.25, 0.3) is 10.2 Å². The van der Waals surface area contributed by atoms with Crippen LogP contribution in [0.3, 0.4) is 0 Å². The molecule has 1 unspecified atom stereocenters. The maximum atomic E-state index is 12.0. The number of nitrogens with zero attached hydrogens (tertiary/aromatic N) is 1. The van der Waals surface area contributed by atoms with Gasteiger partial charge in [0.1, 0.15) is 0 Å². The van der Waals surface area contributed by atoms with Crippen molar-refractivity contribution in [3.63, 3.8) is 0 Å². The van der Waals surface area contributed by atoms with Gasteiger partial charge in [0.2, 0.25) is 0 Å². The normalized spacial score (nSPS) is 13.7. The molecule has 0 aromatic heterocycles. The van der Waals surface area contributed by atoms with Crippen LogP contribution >= 0.6 is 0 Å². The number of hydrogen-bond acceptors (Lipinski definition) is 3. The van der Waals surface area contributed by atoms with E-state index in [1.807, 2.05) is 44.3 Å². The molecule has 108 valence electrons. The van der Waals surface area contributed by atoms with Crippen LogP contribution < -0.4 is 10.0 Å². The number of nitrogens with one attached hydrogen (secondary N) is 2. The van der Waals surface area contributed by atoms with E-state index in [0.717, 1.165) is 12.1 Å². The van der Waals surface area contributed by atoms with E-state index >= 15 is 0 Å². The Morgan fingerprint density at radius 2 is 1.84 bits per heavy atom. The lowest BCUT2D eigenvalue weighted by molar-refractivity contribution is 0.443. The van der Waals surface area contributed by atoms with Crippen LogP contribution in [0.15, 0.2) is 30.3 Å². The van der Waals surface area contributed by atoms with Gasteiger partial charge < -0.3 is 5.32 Å². The highest BCUT2D eigenvalue weighted by Gasteiger charge is 2.18. The van der Waals surface area contributed by atoms with Gasteiger partial charge in [-0.25, -0.2) is 4.72 Å². The van der Waals surface area contributed by atoms with E-state index < -0.39 is 10.2 Å². The Hall–Kier alpha value is -0.950. The number of hydrogen-bond donors (Lipinski definition) is 2. The van der Waals surface area contributed by atoms with Crippen LogP contribution in [0.5, 0.6) is 0 Å². The van der Waals surface area contributed by atoms with Crippen molar-refractivity contribution in [2.24, 2.45) is 5.92 Å². The van der Waals surface area contributed by atoms with Crippen molar-refractivity contribution in [1.82, 2.24) is 14.3 Å². The third-order valence-corrected chi connectivity index (χ3v) is 4.31. The average molecular weight is 285 g/mol. The third-order valence-electron chi connectivity index (χ3n) is 2.83. The molecule has 1 rings (SSSR count). The predicted octanol–water partition coefficient (Wildman–Crippen LogP) is 0.808. The fourth-order valence-electron chi connectivity index (χ4n) is 1.70. The van der Waals surface area contributed by atoms with E-state index in [9.17, 15) is 8.42 Å². The zero-order chi connectivity index (χ0) is 14.3. The topological polar surface area (TPSA) is 61.4 Å². The predicted molar refractivity (Wildman–Crippen MR) is 77.9 cm³/mol. The van der Waals surface area contributed by atoms with E-state index in [2.05, 4.69) is 10.0 Å². The lowest BCUT2D eigenvalue weighted by atomic mass is 10.2. The van der Waals surface area contributed by atoms with E-state index in [1.54, 1.807) is 7.05 Å². The first kappa shape index (κ1) is 16.1. The van der Waals surface area contributed by atoms with Crippen molar-refractivity contribution in [1.29, 1.82) is 0 Å². The van der Waals surface area contributed by atoms with Crippen molar-refractivity contribution in [2.75, 3.05) is 27.2 Å². The Labute approximate surface area is 116 Å². The lowest BCUT2D eigenvalue weighted by Crippen LogP contribution is -2.40. The van der Waals surface area contributed by atoms with Crippen molar-refractivity contribution in [2.45, 2.75) is 13.5 Å². The fourth-order valence-corrected chi connectivity index (χ4v) is 2.74. The van der Waals surface area contributed by atoms with Crippen LogP contribution in [0.4, 0.5) is 0 Å². The van der Waals surface area contributed by atoms with E-state index in [-0.39, 0.29) is 5.92 Å². The molecule has 2 N–H and O–H groups in total. The standard InChI is InChI=1S/C13H23N3O2S/c1-12(9-14-2)10-15-19(17,18)16(3)11-13-7-5-4-6-8-13/h4-8,12,14-15H,9-11H2,1-3H3. The molecule has 0 radical (unpaired) electrons. The van der Waals surface area contributed by atoms with Crippen LogP contribution in [0.2, 0.25) is 0 Å². The van der Waals surface area contributed by atoms with Crippen molar-refractivity contribution < 1.29 is 8.42 Å². The van der Waals surface area contributed by atoms with Crippen molar-refractivity contribution in [3.8, 4) is 0 Å². The molecule has 1 atom stereocenters. The molecular formula is C13H23N3O2S. The first-order valence-corrected chi connectivity index (χ1v) is 7.79. The summed E-state index contributed by atoms with van der Waals surface area (Å²) in [6, 6.07) is 9.54. The lowest BCUT2D eigenvalue weighted by Gasteiger charge is -2.19. The van der Waals surface area contributed by atoms with Gasteiger partial charge in [-0.05, 0) is 25.1 Å². The first-order chi connectivity index (χ1) is 8.95. The molecule has 0 heterocycles. The molecule has 0 fully saturated rings. The van der Waals surface area contributed by atoms with Crippen molar-refractivity contribution in [3.05, 3.63) is 35.9 Å². The quantitative estimate of drug-likeness (QED) is 0.743. The average Bonchev–Trinajstić information content (AvgIpc) is 2.38. The SMILES string of the molecule is CNCC(C)CNS(=O)(=O)N(C)Cc1ccccc1. The highest BCUT2D eigenvalue weighted by molar-refractivity contribution is 7.87. The summed E-state index contributed by atoms with van der Waals surface area (Å²) in [5.74, 6) is 0.255. The zero-order valence-corrected chi connectivity index (χ0v) is 12.6. The smallest absolute Gasteiger partial charge is 0.279 e. The molecule has 0 saturated carbocycles. The molecule has 5 nitrogen and oxygen atoms in total. The molecule has 0 aliphatic heterocycles. The second-order valence-corrected chi connectivity index (χ2v) is 6.62. The highest BCUT2D eigenvalue weighted by atomic mass is 32.2. The van der Waals surface area contributed by atoms with Crippen LogP contribution in [0.25, 0.3) is 0 Å². The Kier molecular flexibility index (Phi) is 6.44. The Morgan fingerprint density at radius 3 is 2.42 bits per heavy atom. The van der Waals surface area contributed by atoms with Gasteiger partial charge in [0.05, 0.1) is 0 Å². The Balaban J connectivity index is 2.52. The molecule has 6 heteroatoms. The largest absolute Gasteiger partial charge is 0.319 e. The van der Waals surface area contributed by atoms with Gasteiger partial charge in [0, 0.05) is 20.1 Å². The maximum absolute atomic E-state index is 12.0. The number of rotatable bonds is 8. The monoisotopic (exact) mass is 285 g/mol. The fraction of sp³-hybridized carbons (Fsp3) is 0.538. The molecule has 1 aromatic rings. The van der Waals surface area contributed by atoms with Gasteiger partial charge >= 0.3 is 0 Å². The summed E-state index contributed by atoms with van der Waals surface area (Å²) in [5, 5.41) is 3.02. The second-order valence-electron chi connectivity index (χ2n) is 4.76. The van der Waals surface area contributed by atoms with Gasteiger partial charge in [-0.3, -0.25) is 0 Å². The molecule has 0 aliphatic carbocycles. The molecule has 0 bridgehead atoms. The van der Waals surface area contributed by atoms with Crippen LogP contribution in [0, 0.1) is 5.92 Å². The van der Waals surface area contributed by atoms with Gasteiger partial charge in [-0.15, -0.1) is 0 Å². The first-order valence-electron chi connectivity index (χ1n) is 6.35. The molecule has 1 aromatic carbocycles. The summed E-state index contributed by atoms with van der Waals surface area (Å²) < 4.78 is 28.0. The highest BCUT2D eigenvalue weighted by Crippen LogP contribution is 2.06. The van der Waals surface area contributed by atoms with Crippen LogP contribution in [-0.4, -0.2) is 39.9 Å². The molecule has 0 amide bonds. The Morgan fingerprint density at radius 1 is 1.21 bits per heavy atom. The van der Waals surface area contributed by atoms with E-state index in [4.69, 9.17) is 0 Å². The minimum absolute atomic E-state index is 0.255. The summed E-state index contributed by atoms with van der Waals surface area (Å²) >= 11 is 0. The van der Waals surface area contributed by atoms with E-state index in [0.29, 0.717) is 13.1 Å². The summed E-state index contributed by atoms with van der Waals surface area (Å²) in [4.78, 5) is 0. The zero-order valence-electron chi connectivity index (χ0n) is 11.8. The maximum Gasteiger partial charge on any atom is 0.279 e. The number of benzene rings is 1. The summed E-state index contributed by atoms with van der Waals surface area (Å²) in [6.07, 6.45) is 0. The summed E-state index contributed by atoms with van der Waals surface area (Å²) in [7, 11) is 0.0188. The molecule has 19 heavy (non-hydrogen) atoms. The van der Waals surface area contributed by atoms with Gasteiger partial charge in [-0.1, -0.05) is 37.3 Å². The molecular weight excluding hydrogens is 262 g/mol. The minimum atomic E-state index is -3.42. The second kappa shape index (κ2) is 7.59. The van der Waals surface area contributed by atoms with E-state index in [1.165, 1.54) is 4.31 Å². The molecule has 0 spiro atoms. The molecule has 0 saturated heterocycles. The van der Waals surface area contributed by atoms with Crippen LogP contribution in [-0.2, 0) is 16.8 Å². The summed E-state index contributed by atoms with van der Waals surface area (Å²) in [6.45, 7) is 3.58.